The lowest BCUT2D eigenvalue weighted by atomic mass is 9.85. The van der Waals surface area contributed by atoms with Gasteiger partial charge in [-0.3, -0.25) is 4.99 Å². The fourth-order valence-electron chi connectivity index (χ4n) is 2.66. The third kappa shape index (κ3) is 6.00. The van der Waals surface area contributed by atoms with Gasteiger partial charge in [0.05, 0.1) is 13.7 Å². The van der Waals surface area contributed by atoms with Crippen molar-refractivity contribution in [1.82, 2.24) is 10.6 Å². The van der Waals surface area contributed by atoms with Crippen molar-refractivity contribution >= 4 is 29.9 Å². The van der Waals surface area contributed by atoms with Gasteiger partial charge in [-0.15, -0.1) is 24.0 Å². The van der Waals surface area contributed by atoms with Crippen LogP contribution in [0.5, 0.6) is 5.75 Å². The van der Waals surface area contributed by atoms with Crippen molar-refractivity contribution in [1.29, 1.82) is 0 Å². The Balaban J connectivity index is 0.00000288. The summed E-state index contributed by atoms with van der Waals surface area (Å²) in [5.74, 6) is 1.79. The number of aliphatic imine (C=N–C) groups is 1. The van der Waals surface area contributed by atoms with Gasteiger partial charge in [-0.25, -0.2) is 0 Å². The monoisotopic (exact) mass is 443 g/mol. The van der Waals surface area contributed by atoms with E-state index in [-0.39, 0.29) is 29.4 Å². The Morgan fingerprint density at radius 2 is 1.83 bits per heavy atom. The second-order valence-electron chi connectivity index (χ2n) is 6.59. The molecule has 0 amide bonds. The van der Waals surface area contributed by atoms with Crippen LogP contribution >= 0.6 is 24.0 Å². The molecule has 2 rings (SSSR count). The van der Waals surface area contributed by atoms with Crippen LogP contribution in [-0.2, 0) is 5.41 Å². The highest BCUT2D eigenvalue weighted by Gasteiger charge is 2.21. The lowest BCUT2D eigenvalue weighted by Gasteiger charge is -2.25. The first-order valence-corrected chi connectivity index (χ1v) is 8.39. The fourth-order valence-corrected chi connectivity index (χ4v) is 2.66. The zero-order chi connectivity index (χ0) is 16.7. The molecule has 4 nitrogen and oxygen atoms in total. The molecule has 0 aliphatic heterocycles. The molecule has 1 aliphatic rings. The van der Waals surface area contributed by atoms with Crippen LogP contribution in [-0.4, -0.2) is 32.2 Å². The number of nitrogens with one attached hydrogen (secondary N) is 2. The molecular formula is C19H30IN3O. The number of hydrogen-bond acceptors (Lipinski definition) is 2. The average Bonchev–Trinajstić information content (AvgIpc) is 3.06. The molecule has 1 aliphatic carbocycles. The minimum atomic E-state index is -0.0252. The molecule has 0 aromatic heterocycles. The van der Waals surface area contributed by atoms with Crippen LogP contribution < -0.4 is 15.4 Å². The largest absolute Gasteiger partial charge is 0.497 e. The summed E-state index contributed by atoms with van der Waals surface area (Å²) in [6, 6.07) is 8.73. The number of methoxy groups -OCH3 is 1. The first kappa shape index (κ1) is 20.8. The first-order chi connectivity index (χ1) is 11.0. The molecule has 1 aromatic rings. The van der Waals surface area contributed by atoms with E-state index in [9.17, 15) is 0 Å². The van der Waals surface area contributed by atoms with Crippen LogP contribution in [0.1, 0.15) is 39.2 Å². The summed E-state index contributed by atoms with van der Waals surface area (Å²) >= 11 is 0. The predicted molar refractivity (Wildman–Crippen MR) is 113 cm³/mol. The number of benzene rings is 1. The van der Waals surface area contributed by atoms with E-state index in [1.54, 1.807) is 7.11 Å². The summed E-state index contributed by atoms with van der Waals surface area (Å²) in [6.45, 7) is 8.14. The second-order valence-corrected chi connectivity index (χ2v) is 6.59. The van der Waals surface area contributed by atoms with E-state index in [4.69, 9.17) is 9.73 Å². The van der Waals surface area contributed by atoms with Crippen molar-refractivity contribution in [3.05, 3.63) is 42.0 Å². The molecule has 0 radical (unpaired) electrons. The lowest BCUT2D eigenvalue weighted by Crippen LogP contribution is -2.43. The van der Waals surface area contributed by atoms with Crippen molar-refractivity contribution in [3.63, 3.8) is 0 Å². The molecule has 0 heterocycles. The van der Waals surface area contributed by atoms with Gasteiger partial charge >= 0.3 is 0 Å². The van der Waals surface area contributed by atoms with Crippen molar-refractivity contribution in [2.45, 2.75) is 45.1 Å². The highest BCUT2D eigenvalue weighted by molar-refractivity contribution is 14.0. The summed E-state index contributed by atoms with van der Waals surface area (Å²) in [7, 11) is 1.69. The fraction of sp³-hybridized carbons (Fsp3) is 0.526. The Morgan fingerprint density at radius 3 is 2.38 bits per heavy atom. The Bertz CT molecular complexity index is 544. The maximum absolute atomic E-state index is 5.23. The van der Waals surface area contributed by atoms with Gasteiger partial charge < -0.3 is 15.4 Å². The molecular weight excluding hydrogens is 413 g/mol. The average molecular weight is 443 g/mol. The van der Waals surface area contributed by atoms with Gasteiger partial charge in [0.2, 0.25) is 0 Å². The molecule has 0 unspecified atom stereocenters. The number of guanidine groups is 1. The van der Waals surface area contributed by atoms with Crippen LogP contribution in [0.3, 0.4) is 0 Å². The minimum Gasteiger partial charge on any atom is -0.497 e. The zero-order valence-corrected chi connectivity index (χ0v) is 17.5. The van der Waals surface area contributed by atoms with E-state index in [2.05, 4.69) is 55.7 Å². The van der Waals surface area contributed by atoms with Gasteiger partial charge in [-0.2, -0.15) is 0 Å². The van der Waals surface area contributed by atoms with E-state index in [1.165, 1.54) is 5.56 Å². The number of rotatable bonds is 6. The van der Waals surface area contributed by atoms with E-state index < -0.39 is 0 Å². The molecule has 0 bridgehead atoms. The standard InChI is InChI=1S/C19H29N3O.HI/c1-5-20-18(22-16-8-6-7-9-16)21-14-19(2,3)15-10-12-17(23-4)13-11-15;/h6-7,10-13,16H,5,8-9,14H2,1-4H3,(H2,20,21,22);1H. The van der Waals surface area contributed by atoms with Gasteiger partial charge in [-0.1, -0.05) is 38.1 Å². The van der Waals surface area contributed by atoms with Gasteiger partial charge in [0.1, 0.15) is 5.75 Å². The quantitative estimate of drug-likeness (QED) is 0.304. The molecule has 1 aromatic carbocycles. The Morgan fingerprint density at radius 1 is 1.21 bits per heavy atom. The van der Waals surface area contributed by atoms with Crippen molar-refractivity contribution in [2.75, 3.05) is 20.2 Å². The van der Waals surface area contributed by atoms with Crippen molar-refractivity contribution in [3.8, 4) is 5.75 Å². The van der Waals surface area contributed by atoms with E-state index in [0.717, 1.165) is 37.6 Å². The summed E-state index contributed by atoms with van der Waals surface area (Å²) < 4.78 is 5.23. The lowest BCUT2D eigenvalue weighted by molar-refractivity contribution is 0.414. The number of nitrogens with zero attached hydrogens (tertiary/aromatic N) is 1. The third-order valence-electron chi connectivity index (χ3n) is 4.20. The highest BCUT2D eigenvalue weighted by atomic mass is 127. The molecule has 0 atom stereocenters. The third-order valence-corrected chi connectivity index (χ3v) is 4.20. The topological polar surface area (TPSA) is 45.7 Å². The normalized spacial score (nSPS) is 15.1. The molecule has 0 spiro atoms. The Kier molecular flexibility index (Phi) is 8.59. The number of hydrogen-bond donors (Lipinski definition) is 2. The molecule has 0 saturated carbocycles. The summed E-state index contributed by atoms with van der Waals surface area (Å²) in [6.07, 6.45) is 6.60. The van der Waals surface area contributed by atoms with Gasteiger partial charge in [0, 0.05) is 18.0 Å². The molecule has 0 saturated heterocycles. The smallest absolute Gasteiger partial charge is 0.191 e. The van der Waals surface area contributed by atoms with Crippen molar-refractivity contribution in [2.24, 2.45) is 4.99 Å². The molecule has 134 valence electrons. The first-order valence-electron chi connectivity index (χ1n) is 8.39. The van der Waals surface area contributed by atoms with E-state index in [1.807, 2.05) is 12.1 Å². The minimum absolute atomic E-state index is 0. The Labute approximate surface area is 163 Å². The summed E-state index contributed by atoms with van der Waals surface area (Å²) in [4.78, 5) is 4.80. The second kappa shape index (κ2) is 9.91. The van der Waals surface area contributed by atoms with Gasteiger partial charge in [0.15, 0.2) is 5.96 Å². The van der Waals surface area contributed by atoms with Crippen LogP contribution in [0.4, 0.5) is 0 Å². The van der Waals surface area contributed by atoms with Crippen molar-refractivity contribution < 1.29 is 4.74 Å². The molecule has 24 heavy (non-hydrogen) atoms. The van der Waals surface area contributed by atoms with Crippen LogP contribution in [0.2, 0.25) is 0 Å². The zero-order valence-electron chi connectivity index (χ0n) is 15.1. The van der Waals surface area contributed by atoms with Gasteiger partial charge in [-0.05, 0) is 37.5 Å². The maximum atomic E-state index is 5.23. The highest BCUT2D eigenvalue weighted by Crippen LogP contribution is 2.25. The van der Waals surface area contributed by atoms with Crippen LogP contribution in [0.25, 0.3) is 0 Å². The molecule has 0 fully saturated rings. The number of ether oxygens (including phenoxy) is 1. The predicted octanol–water partition coefficient (Wildman–Crippen LogP) is 3.86. The van der Waals surface area contributed by atoms with Gasteiger partial charge in [0.25, 0.3) is 0 Å². The van der Waals surface area contributed by atoms with E-state index >= 15 is 0 Å². The maximum Gasteiger partial charge on any atom is 0.191 e. The van der Waals surface area contributed by atoms with E-state index in [0.29, 0.717) is 6.04 Å². The van der Waals surface area contributed by atoms with Crippen LogP contribution in [0.15, 0.2) is 41.4 Å². The molecule has 2 N–H and O–H groups in total. The molecule has 5 heteroatoms. The Hall–Kier alpha value is -1.24. The SMILES string of the molecule is CCNC(=NCC(C)(C)c1ccc(OC)cc1)NC1CC=CC1.I. The summed E-state index contributed by atoms with van der Waals surface area (Å²) in [5.41, 5.74) is 1.24. The number of halogens is 1. The van der Waals surface area contributed by atoms with Crippen LogP contribution in [0, 0.1) is 0 Å². The summed E-state index contributed by atoms with van der Waals surface area (Å²) in [5, 5.41) is 6.86.